The average molecular weight is 190 g/mol. The molecule has 0 aromatic carbocycles. The summed E-state index contributed by atoms with van der Waals surface area (Å²) < 4.78 is 22.5. The molecule has 0 N–H and O–H groups in total. The molecule has 72 valence electrons. The van der Waals surface area contributed by atoms with Gasteiger partial charge in [0.05, 0.1) is 5.25 Å². The van der Waals surface area contributed by atoms with Gasteiger partial charge in [0.2, 0.25) is 0 Å². The predicted molar refractivity (Wildman–Crippen MR) is 50.8 cm³/mol. The van der Waals surface area contributed by atoms with E-state index in [4.69, 9.17) is 0 Å². The molecule has 0 spiro atoms. The van der Waals surface area contributed by atoms with Gasteiger partial charge in [0, 0.05) is 6.26 Å². The van der Waals surface area contributed by atoms with Crippen molar-refractivity contribution in [2.75, 3.05) is 6.26 Å². The summed E-state index contributed by atoms with van der Waals surface area (Å²) in [5, 5.41) is -0.0660. The lowest BCUT2D eigenvalue weighted by Crippen LogP contribution is -2.30. The van der Waals surface area contributed by atoms with Crippen LogP contribution in [0.1, 0.15) is 33.1 Å². The first-order chi connectivity index (χ1) is 5.41. The average Bonchev–Trinajstić information content (AvgIpc) is 1.92. The van der Waals surface area contributed by atoms with E-state index in [1.165, 1.54) is 6.26 Å². The molecule has 12 heavy (non-hydrogen) atoms. The fraction of sp³-hybridized carbons (Fsp3) is 1.00. The minimum absolute atomic E-state index is 0.0660. The van der Waals surface area contributed by atoms with Crippen LogP contribution in [0.3, 0.4) is 0 Å². The lowest BCUT2D eigenvalue weighted by molar-refractivity contribution is 0.278. The highest BCUT2D eigenvalue weighted by Crippen LogP contribution is 2.32. The number of rotatable bonds is 1. The molecule has 1 fully saturated rings. The summed E-state index contributed by atoms with van der Waals surface area (Å²) >= 11 is 0. The lowest BCUT2D eigenvalue weighted by Gasteiger charge is -2.30. The van der Waals surface area contributed by atoms with Crippen molar-refractivity contribution in [1.82, 2.24) is 0 Å². The summed E-state index contributed by atoms with van der Waals surface area (Å²) in [5.74, 6) is 1.27. The Hall–Kier alpha value is -0.0500. The van der Waals surface area contributed by atoms with Gasteiger partial charge in [-0.15, -0.1) is 0 Å². The molecular formula is C9H18O2S. The van der Waals surface area contributed by atoms with Crippen LogP contribution in [0, 0.1) is 11.8 Å². The fourth-order valence-corrected chi connectivity index (χ4v) is 3.10. The summed E-state index contributed by atoms with van der Waals surface area (Å²) in [6.45, 7) is 4.37. The van der Waals surface area contributed by atoms with Gasteiger partial charge < -0.3 is 0 Å². The first-order valence-corrected chi connectivity index (χ1v) is 6.55. The topological polar surface area (TPSA) is 34.1 Å². The zero-order valence-corrected chi connectivity index (χ0v) is 8.89. The molecule has 0 aromatic heterocycles. The molecule has 1 saturated carbocycles. The number of hydrogen-bond donors (Lipinski definition) is 0. The fourth-order valence-electron chi connectivity index (χ4n) is 1.89. The highest BCUT2D eigenvalue weighted by Gasteiger charge is 2.30. The van der Waals surface area contributed by atoms with Crippen LogP contribution < -0.4 is 0 Å². The highest BCUT2D eigenvalue weighted by molar-refractivity contribution is 7.91. The van der Waals surface area contributed by atoms with Crippen molar-refractivity contribution in [2.45, 2.75) is 38.4 Å². The Bertz CT molecular complexity index is 243. The molecule has 1 aliphatic rings. The van der Waals surface area contributed by atoms with Gasteiger partial charge >= 0.3 is 0 Å². The molecule has 0 heterocycles. The highest BCUT2D eigenvalue weighted by atomic mass is 32.2. The molecule has 0 aliphatic heterocycles. The van der Waals surface area contributed by atoms with Crippen molar-refractivity contribution in [2.24, 2.45) is 11.8 Å². The van der Waals surface area contributed by atoms with E-state index in [1.54, 1.807) is 0 Å². The quantitative estimate of drug-likeness (QED) is 0.632. The van der Waals surface area contributed by atoms with Crippen LogP contribution >= 0.6 is 0 Å². The summed E-state index contributed by atoms with van der Waals surface area (Å²) in [4.78, 5) is 0. The van der Waals surface area contributed by atoms with E-state index in [9.17, 15) is 8.42 Å². The minimum atomic E-state index is -2.78. The Balaban J connectivity index is 2.64. The van der Waals surface area contributed by atoms with Gasteiger partial charge in [-0.25, -0.2) is 8.42 Å². The second-order valence-corrected chi connectivity index (χ2v) is 6.54. The largest absolute Gasteiger partial charge is 0.229 e. The first-order valence-electron chi connectivity index (χ1n) is 4.60. The second kappa shape index (κ2) is 3.36. The molecule has 0 amide bonds. The van der Waals surface area contributed by atoms with Crippen LogP contribution in [0.2, 0.25) is 0 Å². The standard InChI is InChI=1S/C9H18O2S/c1-7-4-5-9(6-8(7)2)12(3,10)11/h7-9H,4-6H2,1-3H3. The summed E-state index contributed by atoms with van der Waals surface area (Å²) in [6.07, 6.45) is 4.16. The molecule has 0 aromatic rings. The maximum atomic E-state index is 11.2. The molecule has 3 unspecified atom stereocenters. The van der Waals surface area contributed by atoms with Crippen molar-refractivity contribution >= 4 is 9.84 Å². The molecule has 3 atom stereocenters. The summed E-state index contributed by atoms with van der Waals surface area (Å²) in [6, 6.07) is 0. The third-order valence-corrected chi connectivity index (χ3v) is 4.79. The summed E-state index contributed by atoms with van der Waals surface area (Å²) in [7, 11) is -2.78. The minimum Gasteiger partial charge on any atom is -0.229 e. The van der Waals surface area contributed by atoms with Crippen molar-refractivity contribution in [3.05, 3.63) is 0 Å². The van der Waals surface area contributed by atoms with Crippen molar-refractivity contribution in [3.8, 4) is 0 Å². The Morgan fingerprint density at radius 1 is 1.08 bits per heavy atom. The van der Waals surface area contributed by atoms with Gasteiger partial charge in [0.1, 0.15) is 9.84 Å². The zero-order chi connectivity index (χ0) is 9.35. The van der Waals surface area contributed by atoms with Gasteiger partial charge in [-0.1, -0.05) is 13.8 Å². The SMILES string of the molecule is CC1CCC(S(C)(=O)=O)CC1C. The Morgan fingerprint density at radius 3 is 2.08 bits per heavy atom. The van der Waals surface area contributed by atoms with Crippen molar-refractivity contribution < 1.29 is 8.42 Å². The van der Waals surface area contributed by atoms with Gasteiger partial charge in [0.25, 0.3) is 0 Å². The molecule has 2 nitrogen and oxygen atoms in total. The van der Waals surface area contributed by atoms with Gasteiger partial charge in [0.15, 0.2) is 0 Å². The van der Waals surface area contributed by atoms with E-state index in [-0.39, 0.29) is 5.25 Å². The number of hydrogen-bond acceptors (Lipinski definition) is 2. The third-order valence-electron chi connectivity index (χ3n) is 3.16. The van der Waals surface area contributed by atoms with Gasteiger partial charge in [-0.3, -0.25) is 0 Å². The van der Waals surface area contributed by atoms with Crippen LogP contribution in [0.25, 0.3) is 0 Å². The molecule has 0 bridgehead atoms. The molecule has 0 saturated heterocycles. The second-order valence-electron chi connectivity index (χ2n) is 4.22. The van der Waals surface area contributed by atoms with Gasteiger partial charge in [-0.2, -0.15) is 0 Å². The lowest BCUT2D eigenvalue weighted by atomic mass is 9.81. The Morgan fingerprint density at radius 2 is 1.67 bits per heavy atom. The molecule has 1 aliphatic carbocycles. The maximum absolute atomic E-state index is 11.2. The van der Waals surface area contributed by atoms with E-state index in [0.717, 1.165) is 19.3 Å². The Labute approximate surface area is 75.3 Å². The van der Waals surface area contributed by atoms with E-state index in [1.807, 2.05) is 0 Å². The first kappa shape index (κ1) is 10.0. The van der Waals surface area contributed by atoms with Gasteiger partial charge in [-0.05, 0) is 31.1 Å². The number of sulfone groups is 1. The third kappa shape index (κ3) is 2.22. The van der Waals surface area contributed by atoms with E-state index >= 15 is 0 Å². The van der Waals surface area contributed by atoms with Crippen LogP contribution in [-0.2, 0) is 9.84 Å². The molecule has 3 heteroatoms. The molecule has 1 rings (SSSR count). The van der Waals surface area contributed by atoms with E-state index < -0.39 is 9.84 Å². The normalized spacial score (nSPS) is 38.1. The Kier molecular flexibility index (Phi) is 2.81. The smallest absolute Gasteiger partial charge is 0.150 e. The van der Waals surface area contributed by atoms with E-state index in [2.05, 4.69) is 13.8 Å². The van der Waals surface area contributed by atoms with Crippen molar-refractivity contribution in [1.29, 1.82) is 0 Å². The monoisotopic (exact) mass is 190 g/mol. The van der Waals surface area contributed by atoms with Crippen LogP contribution in [0.5, 0.6) is 0 Å². The van der Waals surface area contributed by atoms with Crippen LogP contribution in [-0.4, -0.2) is 19.9 Å². The molecular weight excluding hydrogens is 172 g/mol. The maximum Gasteiger partial charge on any atom is 0.150 e. The predicted octanol–water partition coefficient (Wildman–Crippen LogP) is 1.86. The summed E-state index contributed by atoms with van der Waals surface area (Å²) in [5.41, 5.74) is 0. The van der Waals surface area contributed by atoms with Crippen LogP contribution in [0.4, 0.5) is 0 Å². The van der Waals surface area contributed by atoms with E-state index in [0.29, 0.717) is 11.8 Å². The zero-order valence-electron chi connectivity index (χ0n) is 8.08. The molecule has 0 radical (unpaired) electrons. The van der Waals surface area contributed by atoms with Crippen molar-refractivity contribution in [3.63, 3.8) is 0 Å². The van der Waals surface area contributed by atoms with Crippen LogP contribution in [0.15, 0.2) is 0 Å².